The van der Waals surface area contributed by atoms with Crippen LogP contribution < -0.4 is 4.74 Å². The molecule has 0 saturated heterocycles. The van der Waals surface area contributed by atoms with Crippen LogP contribution in [0.5, 0.6) is 11.6 Å². The second-order valence-corrected chi connectivity index (χ2v) is 5.33. The molecule has 1 aromatic carbocycles. The Morgan fingerprint density at radius 1 is 1.33 bits per heavy atom. The molecule has 0 atom stereocenters. The lowest BCUT2D eigenvalue weighted by atomic mass is 10.1. The second kappa shape index (κ2) is 6.54. The van der Waals surface area contributed by atoms with Gasteiger partial charge in [-0.3, -0.25) is 4.79 Å². The number of allylic oxidation sites excluding steroid dienone is 1. The summed E-state index contributed by atoms with van der Waals surface area (Å²) in [6.07, 6.45) is 3.06. The predicted octanol–water partition coefficient (Wildman–Crippen LogP) is 3.76. The SMILES string of the molecule is COc1nc(C)cc(O)c1C(=O)/C=C/c1ccc(Br)cc1. The van der Waals surface area contributed by atoms with Crippen molar-refractivity contribution in [2.24, 2.45) is 0 Å². The summed E-state index contributed by atoms with van der Waals surface area (Å²) in [5, 5.41) is 9.93. The first-order valence-corrected chi connectivity index (χ1v) is 7.03. The van der Waals surface area contributed by atoms with Gasteiger partial charge in [0.25, 0.3) is 0 Å². The summed E-state index contributed by atoms with van der Waals surface area (Å²) in [5.74, 6) is -0.373. The zero-order chi connectivity index (χ0) is 15.4. The molecule has 0 aliphatic rings. The average molecular weight is 348 g/mol. The van der Waals surface area contributed by atoms with Gasteiger partial charge in [-0.2, -0.15) is 0 Å². The Morgan fingerprint density at radius 2 is 2.00 bits per heavy atom. The summed E-state index contributed by atoms with van der Waals surface area (Å²) in [5.41, 5.74) is 1.53. The number of hydrogen-bond acceptors (Lipinski definition) is 4. The third-order valence-electron chi connectivity index (χ3n) is 2.83. The van der Waals surface area contributed by atoms with E-state index >= 15 is 0 Å². The highest BCUT2D eigenvalue weighted by molar-refractivity contribution is 9.10. The number of carbonyl (C=O) groups is 1. The minimum absolute atomic E-state index is 0.0662. The van der Waals surface area contributed by atoms with Gasteiger partial charge in [0.05, 0.1) is 7.11 Å². The standard InChI is InChI=1S/C16H14BrNO3/c1-10-9-14(20)15(16(18-10)21-2)13(19)8-5-11-3-6-12(17)7-4-11/h3-9H,1-2H3,(H,18,20)/b8-5+. The maximum atomic E-state index is 12.2. The van der Waals surface area contributed by atoms with Gasteiger partial charge < -0.3 is 9.84 Å². The zero-order valence-electron chi connectivity index (χ0n) is 11.6. The molecule has 5 heteroatoms. The van der Waals surface area contributed by atoms with Crippen molar-refractivity contribution in [1.82, 2.24) is 4.98 Å². The lowest BCUT2D eigenvalue weighted by Crippen LogP contribution is -2.02. The predicted molar refractivity (Wildman–Crippen MR) is 84.7 cm³/mol. The number of pyridine rings is 1. The molecule has 4 nitrogen and oxygen atoms in total. The Bertz CT molecular complexity index is 693. The number of ketones is 1. The van der Waals surface area contributed by atoms with Gasteiger partial charge >= 0.3 is 0 Å². The van der Waals surface area contributed by atoms with Gasteiger partial charge in [-0.1, -0.05) is 34.1 Å². The van der Waals surface area contributed by atoms with Crippen LogP contribution >= 0.6 is 15.9 Å². The van der Waals surface area contributed by atoms with Crippen molar-refractivity contribution >= 4 is 27.8 Å². The van der Waals surface area contributed by atoms with Crippen LogP contribution in [0.4, 0.5) is 0 Å². The molecule has 0 amide bonds. The van der Waals surface area contributed by atoms with Crippen molar-refractivity contribution in [2.45, 2.75) is 6.92 Å². The number of methoxy groups -OCH3 is 1. The molecule has 0 aliphatic heterocycles. The number of benzene rings is 1. The van der Waals surface area contributed by atoms with E-state index in [0.717, 1.165) is 10.0 Å². The first kappa shape index (κ1) is 15.3. The minimum Gasteiger partial charge on any atom is -0.507 e. The van der Waals surface area contributed by atoms with E-state index in [1.54, 1.807) is 13.0 Å². The van der Waals surface area contributed by atoms with E-state index in [1.807, 2.05) is 24.3 Å². The zero-order valence-corrected chi connectivity index (χ0v) is 13.2. The first-order chi connectivity index (χ1) is 10.0. The lowest BCUT2D eigenvalue weighted by Gasteiger charge is -2.07. The van der Waals surface area contributed by atoms with E-state index < -0.39 is 0 Å². The molecule has 0 fully saturated rings. The van der Waals surface area contributed by atoms with E-state index in [0.29, 0.717) is 5.69 Å². The number of aryl methyl sites for hydroxylation is 1. The summed E-state index contributed by atoms with van der Waals surface area (Å²) in [4.78, 5) is 16.3. The van der Waals surface area contributed by atoms with Crippen LogP contribution in [0.25, 0.3) is 6.08 Å². The second-order valence-electron chi connectivity index (χ2n) is 4.42. The molecule has 2 aromatic rings. The van der Waals surface area contributed by atoms with Gasteiger partial charge in [-0.25, -0.2) is 4.98 Å². The molecule has 1 aromatic heterocycles. The van der Waals surface area contributed by atoms with Crippen LogP contribution in [0.2, 0.25) is 0 Å². The smallest absolute Gasteiger partial charge is 0.228 e. The van der Waals surface area contributed by atoms with Crippen LogP contribution in [0, 0.1) is 6.92 Å². The molecule has 1 heterocycles. The van der Waals surface area contributed by atoms with Crippen molar-refractivity contribution in [3.8, 4) is 11.6 Å². The quantitative estimate of drug-likeness (QED) is 0.675. The van der Waals surface area contributed by atoms with Crippen molar-refractivity contribution in [3.05, 3.63) is 57.7 Å². The summed E-state index contributed by atoms with van der Waals surface area (Å²) < 4.78 is 6.03. The summed E-state index contributed by atoms with van der Waals surface area (Å²) in [6, 6.07) is 8.95. The monoisotopic (exact) mass is 347 g/mol. The molecule has 0 radical (unpaired) electrons. The first-order valence-electron chi connectivity index (χ1n) is 6.24. The van der Waals surface area contributed by atoms with Crippen LogP contribution in [0.15, 0.2) is 40.9 Å². The van der Waals surface area contributed by atoms with E-state index in [9.17, 15) is 9.90 Å². The minimum atomic E-state index is -0.361. The number of nitrogens with zero attached hydrogens (tertiary/aromatic N) is 1. The molecule has 1 N–H and O–H groups in total. The molecule has 21 heavy (non-hydrogen) atoms. The van der Waals surface area contributed by atoms with E-state index in [1.165, 1.54) is 19.3 Å². The highest BCUT2D eigenvalue weighted by Crippen LogP contribution is 2.27. The summed E-state index contributed by atoms with van der Waals surface area (Å²) >= 11 is 3.35. The average Bonchev–Trinajstić information content (AvgIpc) is 2.45. The highest BCUT2D eigenvalue weighted by Gasteiger charge is 2.17. The van der Waals surface area contributed by atoms with Crippen molar-refractivity contribution < 1.29 is 14.6 Å². The Hall–Kier alpha value is -2.14. The van der Waals surface area contributed by atoms with Crippen molar-refractivity contribution in [2.75, 3.05) is 7.11 Å². The topological polar surface area (TPSA) is 59.4 Å². The number of aromatic nitrogens is 1. The Kier molecular flexibility index (Phi) is 4.75. The summed E-state index contributed by atoms with van der Waals surface area (Å²) in [7, 11) is 1.41. The maximum Gasteiger partial charge on any atom is 0.228 e. The molecule has 108 valence electrons. The lowest BCUT2D eigenvalue weighted by molar-refractivity contribution is 0.104. The molecule has 0 aliphatic carbocycles. The molecule has 0 bridgehead atoms. The molecule has 0 saturated carbocycles. The fourth-order valence-electron chi connectivity index (χ4n) is 1.84. The van der Waals surface area contributed by atoms with Crippen LogP contribution in [0.3, 0.4) is 0 Å². The third kappa shape index (κ3) is 3.70. The molecule has 2 rings (SSSR count). The van der Waals surface area contributed by atoms with Gasteiger partial charge in [-0.15, -0.1) is 0 Å². The normalized spacial score (nSPS) is 10.8. The number of halogens is 1. The van der Waals surface area contributed by atoms with E-state index in [2.05, 4.69) is 20.9 Å². The number of rotatable bonds is 4. The van der Waals surface area contributed by atoms with Gasteiger partial charge in [-0.05, 0) is 30.7 Å². The molecular weight excluding hydrogens is 334 g/mol. The van der Waals surface area contributed by atoms with Crippen molar-refractivity contribution in [1.29, 1.82) is 0 Å². The van der Waals surface area contributed by atoms with Crippen LogP contribution in [-0.2, 0) is 0 Å². The molecular formula is C16H14BrNO3. The van der Waals surface area contributed by atoms with Crippen LogP contribution in [-0.4, -0.2) is 23.0 Å². The molecule has 0 unspecified atom stereocenters. The Morgan fingerprint density at radius 3 is 2.62 bits per heavy atom. The highest BCUT2D eigenvalue weighted by atomic mass is 79.9. The Labute approximate surface area is 131 Å². The Balaban J connectivity index is 2.30. The largest absolute Gasteiger partial charge is 0.507 e. The molecule has 0 spiro atoms. The van der Waals surface area contributed by atoms with Crippen molar-refractivity contribution in [3.63, 3.8) is 0 Å². The summed E-state index contributed by atoms with van der Waals surface area (Å²) in [6.45, 7) is 1.72. The number of carbonyl (C=O) groups excluding carboxylic acids is 1. The number of ether oxygens (including phenoxy) is 1. The van der Waals surface area contributed by atoms with Gasteiger partial charge in [0.15, 0.2) is 5.78 Å². The number of aromatic hydroxyl groups is 1. The fourth-order valence-corrected chi connectivity index (χ4v) is 2.10. The van der Waals surface area contributed by atoms with E-state index in [-0.39, 0.29) is 23.0 Å². The number of hydrogen-bond donors (Lipinski definition) is 1. The fraction of sp³-hybridized carbons (Fsp3) is 0.125. The van der Waals surface area contributed by atoms with Crippen LogP contribution in [0.1, 0.15) is 21.6 Å². The van der Waals surface area contributed by atoms with Gasteiger partial charge in [0.1, 0.15) is 11.3 Å². The van der Waals surface area contributed by atoms with E-state index in [4.69, 9.17) is 4.74 Å². The maximum absolute atomic E-state index is 12.2. The van der Waals surface area contributed by atoms with Gasteiger partial charge in [0, 0.05) is 16.2 Å². The third-order valence-corrected chi connectivity index (χ3v) is 3.36. The van der Waals surface area contributed by atoms with Gasteiger partial charge in [0.2, 0.25) is 5.88 Å².